The van der Waals surface area contributed by atoms with Crippen LogP contribution in [0.15, 0.2) is 72.8 Å². The van der Waals surface area contributed by atoms with Crippen molar-refractivity contribution in [2.45, 2.75) is 33.6 Å². The van der Waals surface area contributed by atoms with Crippen molar-refractivity contribution in [3.8, 4) is 16.9 Å². The van der Waals surface area contributed by atoms with Crippen LogP contribution in [0.2, 0.25) is 0 Å². The Morgan fingerprint density at radius 3 is 1.96 bits per heavy atom. The van der Waals surface area contributed by atoms with Crippen LogP contribution in [0.3, 0.4) is 0 Å². The lowest BCUT2D eigenvalue weighted by molar-refractivity contribution is 0.0734. The molecule has 0 spiro atoms. The second-order valence-corrected chi connectivity index (χ2v) is 7.19. The van der Waals surface area contributed by atoms with Crippen LogP contribution in [-0.2, 0) is 6.42 Å². The van der Waals surface area contributed by atoms with Gasteiger partial charge in [-0.1, -0.05) is 74.4 Å². The van der Waals surface area contributed by atoms with Crippen LogP contribution < -0.4 is 4.74 Å². The molecule has 3 aromatic carbocycles. The summed E-state index contributed by atoms with van der Waals surface area (Å²) in [6.45, 7) is 6.51. The van der Waals surface area contributed by atoms with Crippen LogP contribution in [0, 0.1) is 12.8 Å². The average Bonchev–Trinajstić information content (AvgIpc) is 2.70. The summed E-state index contributed by atoms with van der Waals surface area (Å²) in [6.07, 6.45) is 2.21. The third kappa shape index (κ3) is 5.07. The molecule has 0 aromatic heterocycles. The van der Waals surface area contributed by atoms with Crippen LogP contribution in [0.5, 0.6) is 5.75 Å². The summed E-state index contributed by atoms with van der Waals surface area (Å²) in [6, 6.07) is 23.7. The molecule has 2 heteroatoms. The first-order valence-corrected chi connectivity index (χ1v) is 9.53. The Bertz CT molecular complexity index is 875. The largest absolute Gasteiger partial charge is 0.423 e. The molecule has 0 N–H and O–H groups in total. The van der Waals surface area contributed by atoms with Gasteiger partial charge in [0, 0.05) is 0 Å². The van der Waals surface area contributed by atoms with Crippen LogP contribution in [0.25, 0.3) is 11.1 Å². The van der Waals surface area contributed by atoms with Gasteiger partial charge in [-0.3, -0.25) is 0 Å². The van der Waals surface area contributed by atoms with Crippen molar-refractivity contribution in [3.63, 3.8) is 0 Å². The van der Waals surface area contributed by atoms with Crippen LogP contribution >= 0.6 is 0 Å². The minimum absolute atomic E-state index is 0.333. The van der Waals surface area contributed by atoms with E-state index in [9.17, 15) is 4.79 Å². The molecule has 0 aliphatic carbocycles. The van der Waals surface area contributed by atoms with Crippen LogP contribution in [-0.4, -0.2) is 5.97 Å². The van der Waals surface area contributed by atoms with Crippen molar-refractivity contribution in [1.29, 1.82) is 0 Å². The van der Waals surface area contributed by atoms with Gasteiger partial charge in [0.05, 0.1) is 5.56 Å². The second-order valence-electron chi connectivity index (χ2n) is 7.19. The van der Waals surface area contributed by atoms with E-state index in [0.717, 1.165) is 24.0 Å². The Morgan fingerprint density at radius 1 is 0.852 bits per heavy atom. The van der Waals surface area contributed by atoms with E-state index in [2.05, 4.69) is 45.0 Å². The number of carbonyl (C=O) groups excluding carboxylic acids is 1. The zero-order valence-electron chi connectivity index (χ0n) is 16.2. The molecule has 0 bridgehead atoms. The van der Waals surface area contributed by atoms with Crippen molar-refractivity contribution in [2.24, 2.45) is 5.92 Å². The maximum Gasteiger partial charge on any atom is 0.343 e. The Balaban J connectivity index is 1.65. The summed E-state index contributed by atoms with van der Waals surface area (Å²) < 4.78 is 5.51. The van der Waals surface area contributed by atoms with E-state index < -0.39 is 0 Å². The monoisotopic (exact) mass is 358 g/mol. The number of hydrogen-bond donors (Lipinski definition) is 0. The lowest BCUT2D eigenvalue weighted by Gasteiger charge is -2.09. The van der Waals surface area contributed by atoms with E-state index in [4.69, 9.17) is 4.74 Å². The van der Waals surface area contributed by atoms with Crippen molar-refractivity contribution in [2.75, 3.05) is 0 Å². The Morgan fingerprint density at radius 2 is 1.41 bits per heavy atom. The minimum atomic E-state index is -0.333. The first-order valence-electron chi connectivity index (χ1n) is 9.53. The Labute approximate surface area is 161 Å². The third-order valence-corrected chi connectivity index (χ3v) is 4.92. The smallest absolute Gasteiger partial charge is 0.343 e. The molecule has 3 aromatic rings. The van der Waals surface area contributed by atoms with Gasteiger partial charge in [0.2, 0.25) is 0 Å². The SMILES string of the molecule is CC[C@H](C)Cc1ccc(OC(=O)c2ccc(-c3ccc(C)cc3)cc2)cc1. The maximum atomic E-state index is 12.4. The highest BCUT2D eigenvalue weighted by molar-refractivity contribution is 5.91. The highest BCUT2D eigenvalue weighted by Gasteiger charge is 2.09. The van der Waals surface area contributed by atoms with E-state index in [-0.39, 0.29) is 5.97 Å². The Kier molecular flexibility index (Phi) is 6.08. The first-order chi connectivity index (χ1) is 13.0. The van der Waals surface area contributed by atoms with E-state index in [1.165, 1.54) is 11.1 Å². The zero-order valence-corrected chi connectivity index (χ0v) is 16.2. The molecule has 1 atom stereocenters. The van der Waals surface area contributed by atoms with Crippen molar-refractivity contribution in [3.05, 3.63) is 89.5 Å². The summed E-state index contributed by atoms with van der Waals surface area (Å²) in [7, 11) is 0. The molecule has 0 amide bonds. The van der Waals surface area contributed by atoms with Crippen LogP contribution in [0.4, 0.5) is 0 Å². The number of aryl methyl sites for hydroxylation is 1. The fourth-order valence-electron chi connectivity index (χ4n) is 2.95. The number of carbonyl (C=O) groups is 1. The molecular weight excluding hydrogens is 332 g/mol. The molecule has 0 saturated heterocycles. The van der Waals surface area contributed by atoms with E-state index >= 15 is 0 Å². The van der Waals surface area contributed by atoms with Gasteiger partial charge in [-0.05, 0) is 60.2 Å². The highest BCUT2D eigenvalue weighted by atomic mass is 16.5. The third-order valence-electron chi connectivity index (χ3n) is 4.92. The molecule has 0 fully saturated rings. The molecule has 0 aliphatic heterocycles. The van der Waals surface area contributed by atoms with Gasteiger partial charge in [-0.25, -0.2) is 4.79 Å². The van der Waals surface area contributed by atoms with Crippen molar-refractivity contribution in [1.82, 2.24) is 0 Å². The van der Waals surface area contributed by atoms with Gasteiger partial charge < -0.3 is 4.74 Å². The van der Waals surface area contributed by atoms with Crippen molar-refractivity contribution < 1.29 is 9.53 Å². The Hall–Kier alpha value is -2.87. The van der Waals surface area contributed by atoms with Gasteiger partial charge in [-0.2, -0.15) is 0 Å². The standard InChI is InChI=1S/C25H26O2/c1-4-18(2)17-20-7-15-24(16-8-20)27-25(26)23-13-11-22(12-14-23)21-9-5-19(3)6-10-21/h5-16,18H,4,17H2,1-3H3/t18-/m0/s1. The molecule has 27 heavy (non-hydrogen) atoms. The summed E-state index contributed by atoms with van der Waals surface area (Å²) >= 11 is 0. The molecule has 138 valence electrons. The molecule has 0 heterocycles. The minimum Gasteiger partial charge on any atom is -0.423 e. The van der Waals surface area contributed by atoms with Crippen LogP contribution in [0.1, 0.15) is 41.8 Å². The predicted molar refractivity (Wildman–Crippen MR) is 111 cm³/mol. The molecular formula is C25H26O2. The molecule has 0 unspecified atom stereocenters. The summed E-state index contributed by atoms with van der Waals surface area (Å²) in [5.74, 6) is 0.904. The molecule has 0 saturated carbocycles. The number of rotatable bonds is 6. The molecule has 2 nitrogen and oxygen atoms in total. The predicted octanol–water partition coefficient (Wildman–Crippen LogP) is 6.47. The lowest BCUT2D eigenvalue weighted by Crippen LogP contribution is -2.08. The zero-order chi connectivity index (χ0) is 19.2. The number of benzene rings is 3. The van der Waals surface area contributed by atoms with Gasteiger partial charge >= 0.3 is 5.97 Å². The summed E-state index contributed by atoms with van der Waals surface area (Å²) in [5, 5.41) is 0. The average molecular weight is 358 g/mol. The molecule has 0 radical (unpaired) electrons. The lowest BCUT2D eigenvalue weighted by atomic mass is 9.99. The van der Waals surface area contributed by atoms with E-state index in [0.29, 0.717) is 17.2 Å². The van der Waals surface area contributed by atoms with Gasteiger partial charge in [0.25, 0.3) is 0 Å². The number of hydrogen-bond acceptors (Lipinski definition) is 2. The van der Waals surface area contributed by atoms with Gasteiger partial charge in [0.15, 0.2) is 0 Å². The number of ether oxygens (including phenoxy) is 1. The first kappa shape index (κ1) is 18.9. The molecule has 3 rings (SSSR count). The van der Waals surface area contributed by atoms with Gasteiger partial charge in [-0.15, -0.1) is 0 Å². The fraction of sp³-hybridized carbons (Fsp3) is 0.240. The second kappa shape index (κ2) is 8.68. The van der Waals surface area contributed by atoms with E-state index in [1.807, 2.05) is 48.5 Å². The normalized spacial score (nSPS) is 11.8. The van der Waals surface area contributed by atoms with Gasteiger partial charge in [0.1, 0.15) is 5.75 Å². The summed E-state index contributed by atoms with van der Waals surface area (Å²) in [4.78, 5) is 12.4. The quantitative estimate of drug-likeness (QED) is 0.373. The maximum absolute atomic E-state index is 12.4. The van der Waals surface area contributed by atoms with Crippen molar-refractivity contribution >= 4 is 5.97 Å². The summed E-state index contributed by atoms with van der Waals surface area (Å²) in [5.41, 5.74) is 5.27. The molecule has 0 aliphatic rings. The van der Waals surface area contributed by atoms with E-state index in [1.54, 1.807) is 0 Å². The highest BCUT2D eigenvalue weighted by Crippen LogP contribution is 2.22. The topological polar surface area (TPSA) is 26.3 Å². The fourth-order valence-corrected chi connectivity index (χ4v) is 2.95. The number of esters is 1.